The SMILES string of the molecule is O=C(Cc1cccc(Cl)c1)C1CCOC1. The summed E-state index contributed by atoms with van der Waals surface area (Å²) in [5, 5.41) is 0.683. The first kappa shape index (κ1) is 10.7. The minimum atomic E-state index is 0.0870. The Kier molecular flexibility index (Phi) is 3.39. The molecule has 0 amide bonds. The Balaban J connectivity index is 1.99. The van der Waals surface area contributed by atoms with Crippen LogP contribution in [-0.2, 0) is 16.0 Å². The highest BCUT2D eigenvalue weighted by atomic mass is 35.5. The normalized spacial score (nSPS) is 20.5. The average Bonchev–Trinajstić information content (AvgIpc) is 2.70. The van der Waals surface area contributed by atoms with E-state index in [1.54, 1.807) is 0 Å². The summed E-state index contributed by atoms with van der Waals surface area (Å²) in [4.78, 5) is 11.8. The van der Waals surface area contributed by atoms with Gasteiger partial charge in [0.05, 0.1) is 6.61 Å². The summed E-state index contributed by atoms with van der Waals surface area (Å²) >= 11 is 5.85. The van der Waals surface area contributed by atoms with E-state index < -0.39 is 0 Å². The molecule has 0 spiro atoms. The highest BCUT2D eigenvalue weighted by molar-refractivity contribution is 6.30. The number of hydrogen-bond donors (Lipinski definition) is 0. The zero-order chi connectivity index (χ0) is 10.7. The molecule has 0 aliphatic carbocycles. The van der Waals surface area contributed by atoms with Gasteiger partial charge in [-0.15, -0.1) is 0 Å². The van der Waals surface area contributed by atoms with Gasteiger partial charge in [0.25, 0.3) is 0 Å². The molecule has 1 aromatic rings. The van der Waals surface area contributed by atoms with Crippen molar-refractivity contribution in [3.05, 3.63) is 34.9 Å². The van der Waals surface area contributed by atoms with Gasteiger partial charge in [0, 0.05) is 24.0 Å². The first-order valence-electron chi connectivity index (χ1n) is 5.10. The molecule has 0 bridgehead atoms. The minimum Gasteiger partial charge on any atom is -0.381 e. The molecule has 1 atom stereocenters. The second kappa shape index (κ2) is 4.77. The summed E-state index contributed by atoms with van der Waals surface area (Å²) < 4.78 is 5.19. The fourth-order valence-electron chi connectivity index (χ4n) is 1.78. The third-order valence-corrected chi connectivity index (χ3v) is 2.89. The van der Waals surface area contributed by atoms with Crippen LogP contribution in [0, 0.1) is 5.92 Å². The van der Waals surface area contributed by atoms with Gasteiger partial charge in [0.2, 0.25) is 0 Å². The summed E-state index contributed by atoms with van der Waals surface area (Å²) in [6.45, 7) is 1.30. The first-order chi connectivity index (χ1) is 7.25. The number of halogens is 1. The Morgan fingerprint density at radius 2 is 2.40 bits per heavy atom. The van der Waals surface area contributed by atoms with Crippen molar-refractivity contribution in [1.82, 2.24) is 0 Å². The van der Waals surface area contributed by atoms with E-state index in [-0.39, 0.29) is 11.7 Å². The maximum atomic E-state index is 11.8. The molecule has 0 N–H and O–H groups in total. The van der Waals surface area contributed by atoms with Crippen molar-refractivity contribution in [2.24, 2.45) is 5.92 Å². The fraction of sp³-hybridized carbons (Fsp3) is 0.417. The molecule has 0 saturated carbocycles. The lowest BCUT2D eigenvalue weighted by molar-refractivity contribution is -0.122. The molecule has 1 aliphatic rings. The lowest BCUT2D eigenvalue weighted by Crippen LogP contribution is -2.16. The van der Waals surface area contributed by atoms with Crippen LogP contribution >= 0.6 is 11.6 Å². The molecular formula is C12H13ClO2. The van der Waals surface area contributed by atoms with Crippen LogP contribution in [0.3, 0.4) is 0 Å². The molecule has 0 aromatic heterocycles. The third-order valence-electron chi connectivity index (χ3n) is 2.65. The van der Waals surface area contributed by atoms with Crippen molar-refractivity contribution in [3.8, 4) is 0 Å². The summed E-state index contributed by atoms with van der Waals surface area (Å²) in [6.07, 6.45) is 1.33. The number of benzene rings is 1. The molecule has 1 fully saturated rings. The largest absolute Gasteiger partial charge is 0.381 e. The second-order valence-electron chi connectivity index (χ2n) is 3.83. The Morgan fingerprint density at radius 3 is 3.07 bits per heavy atom. The van der Waals surface area contributed by atoms with Crippen LogP contribution in [-0.4, -0.2) is 19.0 Å². The molecule has 1 aliphatic heterocycles. The lowest BCUT2D eigenvalue weighted by Gasteiger charge is -2.06. The Morgan fingerprint density at radius 1 is 1.53 bits per heavy atom. The van der Waals surface area contributed by atoms with Gasteiger partial charge in [-0.2, -0.15) is 0 Å². The van der Waals surface area contributed by atoms with Crippen molar-refractivity contribution < 1.29 is 9.53 Å². The van der Waals surface area contributed by atoms with E-state index in [2.05, 4.69) is 0 Å². The Hall–Kier alpha value is -0.860. The minimum absolute atomic E-state index is 0.0870. The highest BCUT2D eigenvalue weighted by Crippen LogP contribution is 2.17. The van der Waals surface area contributed by atoms with Crippen LogP contribution in [0.4, 0.5) is 0 Å². The van der Waals surface area contributed by atoms with Crippen molar-refractivity contribution in [3.63, 3.8) is 0 Å². The number of carbonyl (C=O) groups is 1. The van der Waals surface area contributed by atoms with Crippen molar-refractivity contribution in [2.45, 2.75) is 12.8 Å². The number of ether oxygens (including phenoxy) is 1. The summed E-state index contributed by atoms with van der Waals surface area (Å²) in [6, 6.07) is 7.46. The van der Waals surface area contributed by atoms with E-state index in [1.165, 1.54) is 0 Å². The molecule has 3 heteroatoms. The molecule has 2 rings (SSSR count). The van der Waals surface area contributed by atoms with Gasteiger partial charge in [0.15, 0.2) is 0 Å². The third kappa shape index (κ3) is 2.80. The molecule has 0 radical (unpaired) electrons. The van der Waals surface area contributed by atoms with Crippen LogP contribution in [0.1, 0.15) is 12.0 Å². The van der Waals surface area contributed by atoms with Crippen LogP contribution in [0.15, 0.2) is 24.3 Å². The lowest BCUT2D eigenvalue weighted by atomic mass is 9.97. The van der Waals surface area contributed by atoms with Gasteiger partial charge in [0.1, 0.15) is 5.78 Å². The number of rotatable bonds is 3. The van der Waals surface area contributed by atoms with Crippen LogP contribution in [0.25, 0.3) is 0 Å². The van der Waals surface area contributed by atoms with Crippen LogP contribution < -0.4 is 0 Å². The van der Waals surface area contributed by atoms with Gasteiger partial charge in [-0.3, -0.25) is 4.79 Å². The summed E-state index contributed by atoms with van der Waals surface area (Å²) in [7, 11) is 0. The van der Waals surface area contributed by atoms with E-state index in [0.29, 0.717) is 24.7 Å². The summed E-state index contributed by atoms with van der Waals surface area (Å²) in [5.41, 5.74) is 0.986. The molecule has 2 nitrogen and oxygen atoms in total. The van der Waals surface area contributed by atoms with E-state index in [9.17, 15) is 4.79 Å². The maximum absolute atomic E-state index is 11.8. The van der Waals surface area contributed by atoms with E-state index >= 15 is 0 Å². The summed E-state index contributed by atoms with van der Waals surface area (Å²) in [5.74, 6) is 0.346. The van der Waals surface area contributed by atoms with Crippen molar-refractivity contribution >= 4 is 17.4 Å². The molecule has 15 heavy (non-hydrogen) atoms. The first-order valence-corrected chi connectivity index (χ1v) is 5.48. The van der Waals surface area contributed by atoms with E-state index in [4.69, 9.17) is 16.3 Å². The topological polar surface area (TPSA) is 26.3 Å². The zero-order valence-corrected chi connectivity index (χ0v) is 9.17. The Labute approximate surface area is 94.2 Å². The fourth-order valence-corrected chi connectivity index (χ4v) is 1.99. The number of ketones is 1. The predicted molar refractivity (Wildman–Crippen MR) is 59.1 cm³/mol. The van der Waals surface area contributed by atoms with Gasteiger partial charge in [-0.25, -0.2) is 0 Å². The van der Waals surface area contributed by atoms with Gasteiger partial charge >= 0.3 is 0 Å². The molecule has 1 aromatic carbocycles. The smallest absolute Gasteiger partial charge is 0.142 e. The molecular weight excluding hydrogens is 212 g/mol. The monoisotopic (exact) mass is 224 g/mol. The molecule has 1 heterocycles. The van der Waals surface area contributed by atoms with Gasteiger partial charge in [-0.05, 0) is 24.1 Å². The number of Topliss-reactive ketones (excluding diaryl/α,β-unsaturated/α-hetero) is 1. The molecule has 1 unspecified atom stereocenters. The highest BCUT2D eigenvalue weighted by Gasteiger charge is 2.23. The van der Waals surface area contributed by atoms with Crippen LogP contribution in [0.2, 0.25) is 5.02 Å². The standard InChI is InChI=1S/C12H13ClO2/c13-11-3-1-2-9(6-11)7-12(14)10-4-5-15-8-10/h1-3,6,10H,4-5,7-8H2. The zero-order valence-electron chi connectivity index (χ0n) is 8.41. The van der Waals surface area contributed by atoms with Crippen LogP contribution in [0.5, 0.6) is 0 Å². The average molecular weight is 225 g/mol. The van der Waals surface area contributed by atoms with Gasteiger partial charge in [-0.1, -0.05) is 23.7 Å². The molecule has 80 valence electrons. The van der Waals surface area contributed by atoms with Gasteiger partial charge < -0.3 is 4.74 Å². The maximum Gasteiger partial charge on any atom is 0.142 e. The quantitative estimate of drug-likeness (QED) is 0.789. The molecule has 1 saturated heterocycles. The van der Waals surface area contributed by atoms with Crippen molar-refractivity contribution in [1.29, 1.82) is 0 Å². The van der Waals surface area contributed by atoms with E-state index in [1.807, 2.05) is 24.3 Å². The second-order valence-corrected chi connectivity index (χ2v) is 4.27. The number of hydrogen-bond acceptors (Lipinski definition) is 2. The Bertz CT molecular complexity index is 356. The van der Waals surface area contributed by atoms with E-state index in [0.717, 1.165) is 12.0 Å². The van der Waals surface area contributed by atoms with Crippen molar-refractivity contribution in [2.75, 3.05) is 13.2 Å². The predicted octanol–water partition coefficient (Wildman–Crippen LogP) is 2.49. The number of carbonyl (C=O) groups excluding carboxylic acids is 1.